The summed E-state index contributed by atoms with van der Waals surface area (Å²) < 4.78 is 31.5. The predicted molar refractivity (Wildman–Crippen MR) is 80.2 cm³/mol. The van der Waals surface area contributed by atoms with Crippen LogP contribution >= 0.6 is 11.6 Å². The number of likely N-dealkylation sites (N-methyl/N-ethyl adjacent to an activating group) is 1. The lowest BCUT2D eigenvalue weighted by atomic mass is 10.2. The van der Waals surface area contributed by atoms with Crippen LogP contribution in [-0.4, -0.2) is 39.0 Å². The molecular weight excluding hydrogens is 298 g/mol. The van der Waals surface area contributed by atoms with Gasteiger partial charge in [-0.05, 0) is 24.0 Å². The van der Waals surface area contributed by atoms with Gasteiger partial charge in [0.25, 0.3) is 0 Å². The van der Waals surface area contributed by atoms with Gasteiger partial charge in [-0.3, -0.25) is 0 Å². The number of benzene rings is 1. The van der Waals surface area contributed by atoms with Crippen LogP contribution in [0.3, 0.4) is 0 Å². The van der Waals surface area contributed by atoms with Gasteiger partial charge < -0.3 is 4.74 Å². The number of hydrogen-bond acceptors (Lipinski definition) is 3. The van der Waals surface area contributed by atoms with Crippen LogP contribution in [0.4, 0.5) is 0 Å². The fraction of sp³-hybridized carbons (Fsp3) is 0.571. The van der Waals surface area contributed by atoms with E-state index in [1.807, 2.05) is 24.3 Å². The third kappa shape index (κ3) is 4.19. The van der Waals surface area contributed by atoms with Gasteiger partial charge in [0.2, 0.25) is 10.0 Å². The fourth-order valence-corrected chi connectivity index (χ4v) is 3.64. The molecule has 1 aromatic carbocycles. The van der Waals surface area contributed by atoms with E-state index < -0.39 is 10.0 Å². The topological polar surface area (TPSA) is 46.6 Å². The van der Waals surface area contributed by atoms with Crippen LogP contribution in [0.2, 0.25) is 0 Å². The third-order valence-corrected chi connectivity index (χ3v) is 5.59. The summed E-state index contributed by atoms with van der Waals surface area (Å²) >= 11 is 5.72. The summed E-state index contributed by atoms with van der Waals surface area (Å²) in [6, 6.07) is 7.35. The molecule has 1 aliphatic rings. The SMILES string of the molecule is CN(CC1CCCO1)S(=O)(=O)Cc1ccc(CCl)cc1. The number of alkyl halides is 1. The molecule has 0 bridgehead atoms. The number of halogens is 1. The van der Waals surface area contributed by atoms with Gasteiger partial charge in [0.1, 0.15) is 0 Å². The Morgan fingerprint density at radius 3 is 2.50 bits per heavy atom. The highest BCUT2D eigenvalue weighted by Crippen LogP contribution is 2.17. The first kappa shape index (κ1) is 15.8. The first-order valence-corrected chi connectivity index (χ1v) is 8.85. The highest BCUT2D eigenvalue weighted by Gasteiger charge is 2.24. The van der Waals surface area contributed by atoms with E-state index in [1.54, 1.807) is 7.05 Å². The Labute approximate surface area is 125 Å². The summed E-state index contributed by atoms with van der Waals surface area (Å²) in [6.07, 6.45) is 1.98. The number of sulfonamides is 1. The van der Waals surface area contributed by atoms with E-state index in [4.69, 9.17) is 16.3 Å². The maximum absolute atomic E-state index is 12.3. The Morgan fingerprint density at radius 1 is 1.30 bits per heavy atom. The Bertz CT molecular complexity index is 524. The van der Waals surface area contributed by atoms with Crippen molar-refractivity contribution in [2.75, 3.05) is 20.2 Å². The largest absolute Gasteiger partial charge is 0.377 e. The second-order valence-electron chi connectivity index (χ2n) is 5.12. The number of rotatable bonds is 6. The lowest BCUT2D eigenvalue weighted by Crippen LogP contribution is -2.34. The Balaban J connectivity index is 1.97. The molecule has 1 unspecified atom stereocenters. The third-order valence-electron chi connectivity index (χ3n) is 3.49. The molecule has 0 spiro atoms. The second-order valence-corrected chi connectivity index (χ2v) is 7.46. The van der Waals surface area contributed by atoms with Gasteiger partial charge in [-0.1, -0.05) is 24.3 Å². The van der Waals surface area contributed by atoms with Crippen LogP contribution in [0.25, 0.3) is 0 Å². The molecule has 6 heteroatoms. The molecule has 1 atom stereocenters. The molecule has 1 aromatic rings. The number of nitrogens with zero attached hydrogens (tertiary/aromatic N) is 1. The zero-order valence-electron chi connectivity index (χ0n) is 11.6. The molecule has 0 aromatic heterocycles. The van der Waals surface area contributed by atoms with E-state index in [9.17, 15) is 8.42 Å². The van der Waals surface area contributed by atoms with Crippen LogP contribution in [0.15, 0.2) is 24.3 Å². The van der Waals surface area contributed by atoms with Crippen LogP contribution < -0.4 is 0 Å². The first-order valence-electron chi connectivity index (χ1n) is 6.70. The molecule has 1 saturated heterocycles. The Morgan fingerprint density at radius 2 is 1.95 bits per heavy atom. The molecule has 2 rings (SSSR count). The van der Waals surface area contributed by atoms with Gasteiger partial charge in [0, 0.05) is 26.1 Å². The minimum atomic E-state index is -3.30. The summed E-state index contributed by atoms with van der Waals surface area (Å²) in [5.74, 6) is 0.449. The van der Waals surface area contributed by atoms with Crippen LogP contribution in [0.1, 0.15) is 24.0 Å². The van der Waals surface area contributed by atoms with E-state index in [-0.39, 0.29) is 11.9 Å². The van der Waals surface area contributed by atoms with E-state index in [2.05, 4.69) is 0 Å². The van der Waals surface area contributed by atoms with Gasteiger partial charge in [-0.25, -0.2) is 12.7 Å². The van der Waals surface area contributed by atoms with E-state index in [0.717, 1.165) is 30.6 Å². The van der Waals surface area contributed by atoms with Crippen molar-refractivity contribution >= 4 is 21.6 Å². The first-order chi connectivity index (χ1) is 9.51. The van der Waals surface area contributed by atoms with Gasteiger partial charge in [0.05, 0.1) is 11.9 Å². The maximum Gasteiger partial charge on any atom is 0.218 e. The molecule has 112 valence electrons. The summed E-state index contributed by atoms with van der Waals surface area (Å²) in [7, 11) is -1.68. The summed E-state index contributed by atoms with van der Waals surface area (Å²) in [6.45, 7) is 1.17. The average Bonchev–Trinajstić information content (AvgIpc) is 2.92. The van der Waals surface area contributed by atoms with Gasteiger partial charge in [-0.15, -0.1) is 11.6 Å². The van der Waals surface area contributed by atoms with Gasteiger partial charge in [-0.2, -0.15) is 0 Å². The Kier molecular flexibility index (Phi) is 5.43. The van der Waals surface area contributed by atoms with Crippen molar-refractivity contribution < 1.29 is 13.2 Å². The highest BCUT2D eigenvalue weighted by atomic mass is 35.5. The minimum Gasteiger partial charge on any atom is -0.377 e. The second kappa shape index (κ2) is 6.89. The zero-order valence-corrected chi connectivity index (χ0v) is 13.2. The fourth-order valence-electron chi connectivity index (χ4n) is 2.23. The van der Waals surface area contributed by atoms with Crippen molar-refractivity contribution in [3.8, 4) is 0 Å². The van der Waals surface area contributed by atoms with Crippen LogP contribution in [0, 0.1) is 0 Å². The molecule has 0 aliphatic carbocycles. The van der Waals surface area contributed by atoms with Gasteiger partial charge >= 0.3 is 0 Å². The molecule has 1 heterocycles. The van der Waals surface area contributed by atoms with Crippen molar-refractivity contribution in [3.05, 3.63) is 35.4 Å². The Hall–Kier alpha value is -0.620. The number of hydrogen-bond donors (Lipinski definition) is 0. The lowest BCUT2D eigenvalue weighted by molar-refractivity contribution is 0.0978. The predicted octanol–water partition coefficient (Wildman–Crippen LogP) is 2.37. The molecule has 1 aliphatic heterocycles. The van der Waals surface area contributed by atoms with E-state index in [1.165, 1.54) is 4.31 Å². The summed E-state index contributed by atoms with van der Waals surface area (Å²) in [5, 5.41) is 0. The molecule has 0 saturated carbocycles. The minimum absolute atomic E-state index is 0.0127. The summed E-state index contributed by atoms with van der Waals surface area (Å²) in [5.41, 5.74) is 1.76. The van der Waals surface area contributed by atoms with Crippen LogP contribution in [0.5, 0.6) is 0 Å². The highest BCUT2D eigenvalue weighted by molar-refractivity contribution is 7.88. The molecule has 1 fully saturated rings. The molecule has 0 radical (unpaired) electrons. The zero-order chi connectivity index (χ0) is 14.6. The molecule has 20 heavy (non-hydrogen) atoms. The summed E-state index contributed by atoms with van der Waals surface area (Å²) in [4.78, 5) is 0. The van der Waals surface area contributed by atoms with Crippen molar-refractivity contribution in [1.82, 2.24) is 4.31 Å². The molecule has 0 amide bonds. The van der Waals surface area contributed by atoms with Crippen LogP contribution in [-0.2, 0) is 26.4 Å². The van der Waals surface area contributed by atoms with Crippen molar-refractivity contribution in [3.63, 3.8) is 0 Å². The molecule has 0 N–H and O–H groups in total. The molecular formula is C14H20ClNO3S. The lowest BCUT2D eigenvalue weighted by Gasteiger charge is -2.20. The normalized spacial score (nSPS) is 19.6. The average molecular weight is 318 g/mol. The van der Waals surface area contributed by atoms with Crippen molar-refractivity contribution in [2.45, 2.75) is 30.6 Å². The van der Waals surface area contributed by atoms with Crippen molar-refractivity contribution in [1.29, 1.82) is 0 Å². The molecule has 4 nitrogen and oxygen atoms in total. The van der Waals surface area contributed by atoms with Gasteiger partial charge in [0.15, 0.2) is 0 Å². The standard InChI is InChI=1S/C14H20ClNO3S/c1-16(10-14-3-2-8-19-14)20(17,18)11-13-6-4-12(9-15)5-7-13/h4-7,14H,2-3,8-11H2,1H3. The quantitative estimate of drug-likeness (QED) is 0.757. The number of ether oxygens (including phenoxy) is 1. The monoisotopic (exact) mass is 317 g/mol. The van der Waals surface area contributed by atoms with E-state index >= 15 is 0 Å². The van der Waals surface area contributed by atoms with E-state index in [0.29, 0.717) is 12.4 Å². The van der Waals surface area contributed by atoms with Crippen molar-refractivity contribution in [2.24, 2.45) is 0 Å². The maximum atomic E-state index is 12.3. The smallest absolute Gasteiger partial charge is 0.218 e.